The molecule has 1 aromatic heterocycles. The summed E-state index contributed by atoms with van der Waals surface area (Å²) >= 11 is 0. The maximum absolute atomic E-state index is 5.13. The Kier molecular flexibility index (Phi) is 6.70. The number of rotatable bonds is 5. The number of hydrogen-bond acceptors (Lipinski definition) is 1. The fourth-order valence-corrected chi connectivity index (χ4v) is 5.69. The highest BCUT2D eigenvalue weighted by Crippen LogP contribution is 2.33. The van der Waals surface area contributed by atoms with Gasteiger partial charge in [-0.2, -0.15) is 0 Å². The van der Waals surface area contributed by atoms with Crippen LogP contribution in [-0.4, -0.2) is 4.98 Å². The topological polar surface area (TPSA) is 12.9 Å². The van der Waals surface area contributed by atoms with Gasteiger partial charge in [0, 0.05) is 11.1 Å². The van der Waals surface area contributed by atoms with Crippen molar-refractivity contribution in [3.63, 3.8) is 0 Å². The number of aromatic nitrogens is 1. The number of nitrogens with zero attached hydrogens (tertiary/aromatic N) is 1. The molecule has 7 rings (SSSR count). The molecule has 0 unspecified atom stereocenters. The highest BCUT2D eigenvalue weighted by atomic mass is 14.7. The van der Waals surface area contributed by atoms with E-state index in [4.69, 9.17) is 4.98 Å². The quantitative estimate of drug-likeness (QED) is 0.213. The van der Waals surface area contributed by atoms with E-state index in [0.717, 1.165) is 28.1 Å². The highest BCUT2D eigenvalue weighted by Gasteiger charge is 2.11. The third-order valence-electron chi connectivity index (χ3n) is 8.08. The van der Waals surface area contributed by atoms with Crippen LogP contribution in [0.2, 0.25) is 0 Å². The molecule has 200 valence electrons. The summed E-state index contributed by atoms with van der Waals surface area (Å²) in [4.78, 5) is 5.13. The first kappa shape index (κ1) is 25.7. The standard InChI is InChI=1S/C41H31N/c1-28-12-13-29(2)39(24-28)33-19-21-35(22-20-33)41-27-38(26-40(42-41)34-9-4-3-5-10-34)32-16-14-31(15-17-32)37-23-18-30-8-6-7-11-36(30)25-37/h3-27H,1-2H3. The van der Waals surface area contributed by atoms with Crippen LogP contribution in [0.15, 0.2) is 152 Å². The second kappa shape index (κ2) is 11.0. The van der Waals surface area contributed by atoms with Crippen LogP contribution >= 0.6 is 0 Å². The summed E-state index contributed by atoms with van der Waals surface area (Å²) < 4.78 is 0. The zero-order valence-corrected chi connectivity index (χ0v) is 23.9. The van der Waals surface area contributed by atoms with Crippen LogP contribution in [0, 0.1) is 13.8 Å². The van der Waals surface area contributed by atoms with Crippen molar-refractivity contribution in [2.24, 2.45) is 0 Å². The molecule has 1 heterocycles. The first-order valence-corrected chi connectivity index (χ1v) is 14.5. The zero-order chi connectivity index (χ0) is 28.5. The van der Waals surface area contributed by atoms with E-state index in [9.17, 15) is 0 Å². The summed E-state index contributed by atoms with van der Waals surface area (Å²) in [6.45, 7) is 4.32. The van der Waals surface area contributed by atoms with Gasteiger partial charge in [0.15, 0.2) is 0 Å². The molecular formula is C41H31N. The number of aryl methyl sites for hydroxylation is 2. The number of hydrogen-bond donors (Lipinski definition) is 0. The van der Waals surface area contributed by atoms with Crippen molar-refractivity contribution in [2.75, 3.05) is 0 Å². The highest BCUT2D eigenvalue weighted by molar-refractivity contribution is 5.88. The van der Waals surface area contributed by atoms with Crippen molar-refractivity contribution in [3.05, 3.63) is 163 Å². The van der Waals surface area contributed by atoms with Crippen molar-refractivity contribution >= 4 is 10.8 Å². The average molecular weight is 538 g/mol. The maximum Gasteiger partial charge on any atom is 0.0715 e. The maximum atomic E-state index is 5.13. The molecule has 0 aliphatic rings. The van der Waals surface area contributed by atoms with Gasteiger partial charge in [-0.1, -0.05) is 139 Å². The van der Waals surface area contributed by atoms with Crippen molar-refractivity contribution in [3.8, 4) is 55.9 Å². The van der Waals surface area contributed by atoms with Crippen LogP contribution in [0.3, 0.4) is 0 Å². The Hall–Kier alpha value is -5.27. The molecule has 0 amide bonds. The van der Waals surface area contributed by atoms with Gasteiger partial charge in [-0.25, -0.2) is 4.98 Å². The lowest BCUT2D eigenvalue weighted by Gasteiger charge is -2.12. The fourth-order valence-electron chi connectivity index (χ4n) is 5.69. The third-order valence-corrected chi connectivity index (χ3v) is 8.08. The van der Waals surface area contributed by atoms with Gasteiger partial charge < -0.3 is 0 Å². The molecule has 6 aromatic carbocycles. The predicted molar refractivity (Wildman–Crippen MR) is 178 cm³/mol. The Labute approximate surface area is 247 Å². The van der Waals surface area contributed by atoms with Gasteiger partial charge in [0.2, 0.25) is 0 Å². The van der Waals surface area contributed by atoms with Gasteiger partial charge >= 0.3 is 0 Å². The van der Waals surface area contributed by atoms with Crippen molar-refractivity contribution in [1.82, 2.24) is 4.98 Å². The van der Waals surface area contributed by atoms with Crippen molar-refractivity contribution < 1.29 is 0 Å². The predicted octanol–water partition coefficient (Wildman–Crippen LogP) is 11.2. The summed E-state index contributed by atoms with van der Waals surface area (Å²) in [5.74, 6) is 0. The van der Waals surface area contributed by atoms with Crippen LogP contribution in [0.5, 0.6) is 0 Å². The molecule has 0 saturated carbocycles. The van der Waals surface area contributed by atoms with Gasteiger partial charge in [-0.3, -0.25) is 0 Å². The Bertz CT molecular complexity index is 2020. The Morgan fingerprint density at radius 3 is 1.62 bits per heavy atom. The molecule has 1 nitrogen and oxygen atoms in total. The fraction of sp³-hybridized carbons (Fsp3) is 0.0488. The molecule has 42 heavy (non-hydrogen) atoms. The van der Waals surface area contributed by atoms with Crippen LogP contribution < -0.4 is 0 Å². The molecule has 0 bridgehead atoms. The van der Waals surface area contributed by atoms with Gasteiger partial charge in [0.25, 0.3) is 0 Å². The first-order valence-electron chi connectivity index (χ1n) is 14.5. The van der Waals surface area contributed by atoms with Crippen LogP contribution in [0.1, 0.15) is 11.1 Å². The van der Waals surface area contributed by atoms with E-state index in [2.05, 4.69) is 159 Å². The van der Waals surface area contributed by atoms with Crippen LogP contribution in [-0.2, 0) is 0 Å². The largest absolute Gasteiger partial charge is 0.248 e. The molecule has 7 aromatic rings. The number of pyridine rings is 1. The van der Waals surface area contributed by atoms with Crippen molar-refractivity contribution in [1.29, 1.82) is 0 Å². The normalized spacial score (nSPS) is 11.1. The molecule has 0 saturated heterocycles. The van der Waals surface area contributed by atoms with E-state index in [1.807, 2.05) is 6.07 Å². The molecule has 0 N–H and O–H groups in total. The monoisotopic (exact) mass is 537 g/mol. The van der Waals surface area contributed by atoms with E-state index in [1.54, 1.807) is 0 Å². The lowest BCUT2D eigenvalue weighted by atomic mass is 9.95. The summed E-state index contributed by atoms with van der Waals surface area (Å²) in [7, 11) is 0. The molecule has 1 heteroatoms. The smallest absolute Gasteiger partial charge is 0.0715 e. The SMILES string of the molecule is Cc1ccc(C)c(-c2ccc(-c3cc(-c4ccc(-c5ccc6ccccc6c5)cc4)cc(-c4ccccc4)n3)cc2)c1. The molecule has 0 aliphatic heterocycles. The summed E-state index contributed by atoms with van der Waals surface area (Å²) in [6.07, 6.45) is 0. The average Bonchev–Trinajstić information content (AvgIpc) is 3.06. The molecular weight excluding hydrogens is 506 g/mol. The summed E-state index contributed by atoms with van der Waals surface area (Å²) in [5, 5.41) is 2.52. The van der Waals surface area contributed by atoms with E-state index >= 15 is 0 Å². The van der Waals surface area contributed by atoms with E-state index in [-0.39, 0.29) is 0 Å². The van der Waals surface area contributed by atoms with Crippen LogP contribution in [0.4, 0.5) is 0 Å². The van der Waals surface area contributed by atoms with Gasteiger partial charge in [0.05, 0.1) is 11.4 Å². The first-order chi connectivity index (χ1) is 20.6. The lowest BCUT2D eigenvalue weighted by molar-refractivity contribution is 1.32. The van der Waals surface area contributed by atoms with E-state index < -0.39 is 0 Å². The zero-order valence-electron chi connectivity index (χ0n) is 23.9. The van der Waals surface area contributed by atoms with Crippen molar-refractivity contribution in [2.45, 2.75) is 13.8 Å². The summed E-state index contributed by atoms with van der Waals surface area (Å²) in [6, 6.07) is 54.4. The Morgan fingerprint density at radius 1 is 0.357 bits per heavy atom. The molecule has 0 aliphatic carbocycles. The van der Waals surface area contributed by atoms with Gasteiger partial charge in [-0.05, 0) is 81.8 Å². The minimum absolute atomic E-state index is 0.970. The van der Waals surface area contributed by atoms with E-state index in [0.29, 0.717) is 0 Å². The summed E-state index contributed by atoms with van der Waals surface area (Å²) in [5.41, 5.74) is 14.0. The van der Waals surface area contributed by atoms with Gasteiger partial charge in [-0.15, -0.1) is 0 Å². The molecule has 0 radical (unpaired) electrons. The van der Waals surface area contributed by atoms with E-state index in [1.165, 1.54) is 49.7 Å². The Morgan fingerprint density at radius 2 is 0.905 bits per heavy atom. The van der Waals surface area contributed by atoms with Gasteiger partial charge in [0.1, 0.15) is 0 Å². The molecule has 0 fully saturated rings. The Balaban J connectivity index is 1.27. The van der Waals surface area contributed by atoms with Crippen LogP contribution in [0.25, 0.3) is 66.7 Å². The minimum atomic E-state index is 0.970. The minimum Gasteiger partial charge on any atom is -0.248 e. The lowest BCUT2D eigenvalue weighted by Crippen LogP contribution is -1.92. The number of fused-ring (bicyclic) bond motifs is 1. The second-order valence-corrected chi connectivity index (χ2v) is 11.0. The molecule has 0 atom stereocenters. The number of benzene rings is 6. The second-order valence-electron chi connectivity index (χ2n) is 11.0. The molecule has 0 spiro atoms. The third kappa shape index (κ3) is 5.13.